The summed E-state index contributed by atoms with van der Waals surface area (Å²) in [5.41, 5.74) is 3.00. The summed E-state index contributed by atoms with van der Waals surface area (Å²) in [6, 6.07) is 2.04. The summed E-state index contributed by atoms with van der Waals surface area (Å²) in [7, 11) is 0. The van der Waals surface area contributed by atoms with Gasteiger partial charge in [0.1, 0.15) is 11.4 Å². The van der Waals surface area contributed by atoms with Gasteiger partial charge < -0.3 is 10.6 Å². The van der Waals surface area contributed by atoms with Gasteiger partial charge in [-0.1, -0.05) is 6.42 Å². The van der Waals surface area contributed by atoms with Crippen LogP contribution in [0.5, 0.6) is 0 Å². The average Bonchev–Trinajstić information content (AvgIpc) is 2.93. The van der Waals surface area contributed by atoms with Gasteiger partial charge in [0, 0.05) is 6.20 Å². The van der Waals surface area contributed by atoms with Crippen LogP contribution < -0.4 is 10.6 Å². The molecule has 2 aliphatic rings. The Labute approximate surface area is 98.4 Å². The zero-order valence-corrected chi connectivity index (χ0v) is 9.48. The van der Waals surface area contributed by atoms with E-state index in [0.717, 1.165) is 29.9 Å². The quantitative estimate of drug-likeness (QED) is 0.720. The topological polar surface area (TPSA) is 67.1 Å². The molecule has 2 aromatic rings. The highest BCUT2D eigenvalue weighted by Crippen LogP contribution is 2.42. The van der Waals surface area contributed by atoms with Crippen molar-refractivity contribution in [3.63, 3.8) is 0 Å². The van der Waals surface area contributed by atoms with E-state index in [1.165, 1.54) is 19.3 Å². The molecule has 1 saturated carbocycles. The third kappa shape index (κ3) is 1.23. The van der Waals surface area contributed by atoms with Crippen molar-refractivity contribution >= 4 is 17.0 Å². The van der Waals surface area contributed by atoms with Crippen molar-refractivity contribution in [3.8, 4) is 0 Å². The SMILES string of the molecule is c1cn2nnnc2c2c1NC1(CCCCC1)N2. The van der Waals surface area contributed by atoms with Gasteiger partial charge in [-0.3, -0.25) is 0 Å². The molecule has 0 bridgehead atoms. The number of pyridine rings is 1. The highest BCUT2D eigenvalue weighted by atomic mass is 15.5. The van der Waals surface area contributed by atoms with Crippen LogP contribution >= 0.6 is 0 Å². The van der Waals surface area contributed by atoms with Crippen LogP contribution in [0.2, 0.25) is 0 Å². The lowest BCUT2D eigenvalue weighted by molar-refractivity contribution is 0.367. The van der Waals surface area contributed by atoms with E-state index >= 15 is 0 Å². The van der Waals surface area contributed by atoms with Gasteiger partial charge in [0.2, 0.25) is 5.65 Å². The molecule has 2 aromatic heterocycles. The van der Waals surface area contributed by atoms with E-state index in [1.807, 2.05) is 12.3 Å². The number of anilines is 2. The fourth-order valence-corrected chi connectivity index (χ4v) is 2.97. The van der Waals surface area contributed by atoms with E-state index in [2.05, 4.69) is 26.2 Å². The molecule has 17 heavy (non-hydrogen) atoms. The molecule has 88 valence electrons. The largest absolute Gasteiger partial charge is 0.361 e. The fourth-order valence-electron chi connectivity index (χ4n) is 2.97. The maximum Gasteiger partial charge on any atom is 0.204 e. The van der Waals surface area contributed by atoms with Crippen molar-refractivity contribution in [2.75, 3.05) is 10.6 Å². The second-order valence-corrected chi connectivity index (χ2v) is 4.94. The van der Waals surface area contributed by atoms with Crippen LogP contribution in [-0.2, 0) is 0 Å². The average molecular weight is 230 g/mol. The third-order valence-electron chi connectivity index (χ3n) is 3.81. The summed E-state index contributed by atoms with van der Waals surface area (Å²) >= 11 is 0. The minimum Gasteiger partial charge on any atom is -0.361 e. The molecule has 1 aliphatic carbocycles. The molecule has 0 saturated heterocycles. The Morgan fingerprint density at radius 1 is 1.18 bits per heavy atom. The molecular weight excluding hydrogens is 216 g/mol. The number of hydrogen-bond acceptors (Lipinski definition) is 5. The monoisotopic (exact) mass is 230 g/mol. The predicted molar refractivity (Wildman–Crippen MR) is 63.8 cm³/mol. The van der Waals surface area contributed by atoms with Gasteiger partial charge in [0.05, 0.1) is 5.69 Å². The van der Waals surface area contributed by atoms with Gasteiger partial charge in [0.25, 0.3) is 0 Å². The lowest BCUT2D eigenvalue weighted by Gasteiger charge is -2.34. The Balaban J connectivity index is 1.81. The highest BCUT2D eigenvalue weighted by Gasteiger charge is 2.38. The second-order valence-electron chi connectivity index (χ2n) is 4.94. The van der Waals surface area contributed by atoms with Gasteiger partial charge in [-0.25, -0.2) is 0 Å². The number of rotatable bonds is 0. The van der Waals surface area contributed by atoms with Crippen LogP contribution in [0, 0.1) is 0 Å². The van der Waals surface area contributed by atoms with Crippen LogP contribution in [0.4, 0.5) is 11.4 Å². The minimum atomic E-state index is 0.0361. The number of nitrogens with zero attached hydrogens (tertiary/aromatic N) is 4. The Kier molecular flexibility index (Phi) is 1.67. The molecule has 2 N–H and O–H groups in total. The molecule has 0 atom stereocenters. The molecule has 0 amide bonds. The summed E-state index contributed by atoms with van der Waals surface area (Å²) in [5.74, 6) is 0. The third-order valence-corrected chi connectivity index (χ3v) is 3.81. The molecular formula is C11H14N6. The van der Waals surface area contributed by atoms with E-state index in [9.17, 15) is 0 Å². The van der Waals surface area contributed by atoms with Gasteiger partial charge in [-0.15, -0.1) is 5.10 Å². The zero-order valence-electron chi connectivity index (χ0n) is 9.48. The van der Waals surface area contributed by atoms with Crippen molar-refractivity contribution < 1.29 is 0 Å². The molecule has 1 fully saturated rings. The number of fused-ring (bicyclic) bond motifs is 3. The summed E-state index contributed by atoms with van der Waals surface area (Å²) < 4.78 is 1.70. The smallest absolute Gasteiger partial charge is 0.204 e. The standard InChI is InChI=1S/C11H14N6/c1-2-5-11(6-3-1)12-8-4-7-17-10(9(8)13-11)14-15-16-17/h4,7,12-13H,1-3,5-6H2. The Bertz CT molecular complexity index is 568. The molecule has 6 heteroatoms. The van der Waals surface area contributed by atoms with Crippen molar-refractivity contribution in [2.45, 2.75) is 37.8 Å². The first-order valence-corrected chi connectivity index (χ1v) is 6.13. The van der Waals surface area contributed by atoms with E-state index in [1.54, 1.807) is 4.52 Å². The van der Waals surface area contributed by atoms with Gasteiger partial charge in [0.15, 0.2) is 0 Å². The van der Waals surface area contributed by atoms with Crippen LogP contribution in [0.15, 0.2) is 12.3 Å². The lowest BCUT2D eigenvalue weighted by atomic mass is 9.89. The molecule has 0 aromatic carbocycles. The van der Waals surface area contributed by atoms with Crippen molar-refractivity contribution in [1.82, 2.24) is 20.0 Å². The number of hydrogen-bond donors (Lipinski definition) is 2. The summed E-state index contributed by atoms with van der Waals surface area (Å²) in [6.07, 6.45) is 8.10. The molecule has 6 nitrogen and oxygen atoms in total. The van der Waals surface area contributed by atoms with E-state index in [0.29, 0.717) is 0 Å². The molecule has 0 radical (unpaired) electrons. The molecule has 4 rings (SSSR count). The van der Waals surface area contributed by atoms with Crippen molar-refractivity contribution in [2.24, 2.45) is 0 Å². The lowest BCUT2D eigenvalue weighted by Crippen LogP contribution is -2.43. The Morgan fingerprint density at radius 2 is 2.06 bits per heavy atom. The number of tetrazole rings is 1. The fraction of sp³-hybridized carbons (Fsp3) is 0.545. The normalized spacial score (nSPS) is 21.2. The summed E-state index contributed by atoms with van der Waals surface area (Å²) in [6.45, 7) is 0. The van der Waals surface area contributed by atoms with Gasteiger partial charge in [-0.2, -0.15) is 4.52 Å². The first kappa shape index (κ1) is 9.21. The van der Waals surface area contributed by atoms with Crippen LogP contribution in [0.3, 0.4) is 0 Å². The molecule has 0 unspecified atom stereocenters. The predicted octanol–water partition coefficient (Wildman–Crippen LogP) is 1.62. The maximum atomic E-state index is 4.07. The van der Waals surface area contributed by atoms with Gasteiger partial charge in [-0.05, 0) is 42.2 Å². The van der Waals surface area contributed by atoms with Crippen LogP contribution in [0.25, 0.3) is 5.65 Å². The maximum absolute atomic E-state index is 4.07. The van der Waals surface area contributed by atoms with E-state index in [4.69, 9.17) is 0 Å². The van der Waals surface area contributed by atoms with Crippen molar-refractivity contribution in [1.29, 1.82) is 0 Å². The van der Waals surface area contributed by atoms with Crippen molar-refractivity contribution in [3.05, 3.63) is 12.3 Å². The zero-order chi connectivity index (χ0) is 11.3. The first-order valence-electron chi connectivity index (χ1n) is 6.13. The van der Waals surface area contributed by atoms with Gasteiger partial charge >= 0.3 is 0 Å². The second kappa shape index (κ2) is 3.09. The summed E-state index contributed by atoms with van der Waals surface area (Å²) in [5, 5.41) is 18.9. The van der Waals surface area contributed by atoms with Crippen LogP contribution in [0.1, 0.15) is 32.1 Å². The first-order chi connectivity index (χ1) is 8.36. The Morgan fingerprint density at radius 3 is 2.94 bits per heavy atom. The minimum absolute atomic E-state index is 0.0361. The van der Waals surface area contributed by atoms with E-state index < -0.39 is 0 Å². The van der Waals surface area contributed by atoms with Crippen LogP contribution in [-0.4, -0.2) is 25.7 Å². The highest BCUT2D eigenvalue weighted by molar-refractivity contribution is 5.86. The molecule has 3 heterocycles. The number of aromatic nitrogens is 4. The molecule has 1 spiro atoms. The summed E-state index contributed by atoms with van der Waals surface area (Å²) in [4.78, 5) is 0. The Hall–Kier alpha value is -1.85. The van der Waals surface area contributed by atoms with E-state index in [-0.39, 0.29) is 5.66 Å². The number of nitrogens with one attached hydrogen (secondary N) is 2. The molecule has 1 aliphatic heterocycles.